The molecule has 0 bridgehead atoms. The number of rotatable bonds is 5. The largest absolute Gasteiger partial charge is 0.311 e. The van der Waals surface area contributed by atoms with Gasteiger partial charge in [0.1, 0.15) is 0 Å². The molecule has 0 unspecified atom stereocenters. The van der Waals surface area contributed by atoms with Crippen LogP contribution in [-0.4, -0.2) is 30.9 Å². The third kappa shape index (κ3) is 3.57. The Morgan fingerprint density at radius 3 is 2.38 bits per heavy atom. The molecule has 1 rings (SSSR count). The lowest BCUT2D eigenvalue weighted by Gasteiger charge is -2.22. The SMILES string of the molecule is CC(C)(CNCc1ccncc1)S(C)(=O)=O. The Kier molecular flexibility index (Phi) is 4.04. The zero-order chi connectivity index (χ0) is 12.2. The van der Waals surface area contributed by atoms with Gasteiger partial charge in [-0.05, 0) is 31.5 Å². The first-order chi connectivity index (χ1) is 7.33. The summed E-state index contributed by atoms with van der Waals surface area (Å²) in [4.78, 5) is 3.92. The number of pyridine rings is 1. The summed E-state index contributed by atoms with van der Waals surface area (Å²) in [7, 11) is -3.03. The van der Waals surface area contributed by atoms with Gasteiger partial charge < -0.3 is 5.32 Å². The second-order valence-corrected chi connectivity index (χ2v) is 7.14. The molecule has 0 aliphatic carbocycles. The minimum Gasteiger partial charge on any atom is -0.311 e. The van der Waals surface area contributed by atoms with E-state index in [1.54, 1.807) is 26.2 Å². The van der Waals surface area contributed by atoms with Gasteiger partial charge in [-0.1, -0.05) is 0 Å². The molecule has 90 valence electrons. The van der Waals surface area contributed by atoms with Crippen molar-refractivity contribution in [3.8, 4) is 0 Å². The van der Waals surface area contributed by atoms with E-state index in [1.165, 1.54) is 6.26 Å². The van der Waals surface area contributed by atoms with E-state index in [0.717, 1.165) is 5.56 Å². The Bertz CT molecular complexity index is 427. The van der Waals surface area contributed by atoms with Crippen LogP contribution < -0.4 is 5.32 Å². The Labute approximate surface area is 97.0 Å². The van der Waals surface area contributed by atoms with Gasteiger partial charge in [-0.3, -0.25) is 4.98 Å². The molecule has 0 atom stereocenters. The van der Waals surface area contributed by atoms with Crippen LogP contribution in [-0.2, 0) is 16.4 Å². The van der Waals surface area contributed by atoms with Gasteiger partial charge in [-0.2, -0.15) is 0 Å². The minimum atomic E-state index is -3.03. The summed E-state index contributed by atoms with van der Waals surface area (Å²) in [6, 6.07) is 3.81. The first-order valence-electron chi connectivity index (χ1n) is 5.12. The molecule has 1 aromatic rings. The van der Waals surface area contributed by atoms with Crippen LogP contribution in [0.25, 0.3) is 0 Å². The first-order valence-corrected chi connectivity index (χ1v) is 7.01. The summed E-state index contributed by atoms with van der Waals surface area (Å²) in [5.74, 6) is 0. The van der Waals surface area contributed by atoms with Gasteiger partial charge >= 0.3 is 0 Å². The number of hydrogen-bond acceptors (Lipinski definition) is 4. The molecule has 0 aromatic carbocycles. The molecule has 0 saturated carbocycles. The van der Waals surface area contributed by atoms with Crippen molar-refractivity contribution >= 4 is 9.84 Å². The standard InChI is InChI=1S/C11H18N2O2S/c1-11(2,16(3,14)15)9-13-8-10-4-6-12-7-5-10/h4-7,13H,8-9H2,1-3H3. The van der Waals surface area contributed by atoms with Crippen LogP contribution in [0.4, 0.5) is 0 Å². The highest BCUT2D eigenvalue weighted by molar-refractivity contribution is 7.92. The second-order valence-electron chi connectivity index (χ2n) is 4.49. The van der Waals surface area contributed by atoms with E-state index < -0.39 is 14.6 Å². The van der Waals surface area contributed by atoms with Crippen molar-refractivity contribution in [2.24, 2.45) is 0 Å². The van der Waals surface area contributed by atoms with Crippen LogP contribution in [0.5, 0.6) is 0 Å². The van der Waals surface area contributed by atoms with E-state index in [9.17, 15) is 8.42 Å². The van der Waals surface area contributed by atoms with Crippen molar-refractivity contribution in [1.82, 2.24) is 10.3 Å². The van der Waals surface area contributed by atoms with Crippen molar-refractivity contribution in [2.45, 2.75) is 25.1 Å². The maximum atomic E-state index is 11.4. The molecular formula is C11H18N2O2S. The maximum absolute atomic E-state index is 11.4. The normalized spacial score (nSPS) is 12.7. The lowest BCUT2D eigenvalue weighted by molar-refractivity contribution is 0.521. The molecule has 5 heteroatoms. The molecule has 0 aliphatic rings. The van der Waals surface area contributed by atoms with E-state index in [4.69, 9.17) is 0 Å². The van der Waals surface area contributed by atoms with Gasteiger partial charge in [-0.25, -0.2) is 8.42 Å². The molecule has 1 aromatic heterocycles. The van der Waals surface area contributed by atoms with Crippen LogP contribution in [0, 0.1) is 0 Å². The molecule has 0 radical (unpaired) electrons. The topological polar surface area (TPSA) is 59.1 Å². The highest BCUT2D eigenvalue weighted by atomic mass is 32.2. The summed E-state index contributed by atoms with van der Waals surface area (Å²) in [6.45, 7) is 4.54. The number of nitrogens with one attached hydrogen (secondary N) is 1. The molecule has 1 N–H and O–H groups in total. The first kappa shape index (κ1) is 13.1. The quantitative estimate of drug-likeness (QED) is 0.836. The summed E-state index contributed by atoms with van der Waals surface area (Å²) in [6.07, 6.45) is 4.71. The average molecular weight is 242 g/mol. The highest BCUT2D eigenvalue weighted by Crippen LogP contribution is 2.13. The Morgan fingerprint density at radius 1 is 1.31 bits per heavy atom. The monoisotopic (exact) mass is 242 g/mol. The van der Waals surface area contributed by atoms with Crippen molar-refractivity contribution in [1.29, 1.82) is 0 Å². The molecule has 0 amide bonds. The summed E-state index contributed by atoms with van der Waals surface area (Å²) in [5, 5.41) is 3.14. The molecule has 0 saturated heterocycles. The maximum Gasteiger partial charge on any atom is 0.153 e. The van der Waals surface area contributed by atoms with Crippen molar-refractivity contribution in [3.05, 3.63) is 30.1 Å². The summed E-state index contributed by atoms with van der Waals surface area (Å²) >= 11 is 0. The minimum absolute atomic E-state index is 0.439. The average Bonchev–Trinajstić information content (AvgIpc) is 2.17. The number of sulfone groups is 1. The predicted molar refractivity (Wildman–Crippen MR) is 64.9 cm³/mol. The van der Waals surface area contributed by atoms with E-state index >= 15 is 0 Å². The predicted octanol–water partition coefficient (Wildman–Crippen LogP) is 0.994. The van der Waals surface area contributed by atoms with Crippen LogP contribution in [0.2, 0.25) is 0 Å². The Hall–Kier alpha value is -0.940. The number of nitrogens with zero attached hydrogens (tertiary/aromatic N) is 1. The second kappa shape index (κ2) is 4.93. The fraction of sp³-hybridized carbons (Fsp3) is 0.545. The highest BCUT2D eigenvalue weighted by Gasteiger charge is 2.29. The number of hydrogen-bond donors (Lipinski definition) is 1. The lowest BCUT2D eigenvalue weighted by atomic mass is 10.2. The van der Waals surface area contributed by atoms with Crippen molar-refractivity contribution < 1.29 is 8.42 Å². The third-order valence-corrected chi connectivity index (χ3v) is 4.78. The van der Waals surface area contributed by atoms with Crippen molar-refractivity contribution in [2.75, 3.05) is 12.8 Å². The molecule has 16 heavy (non-hydrogen) atoms. The number of aromatic nitrogens is 1. The van der Waals surface area contributed by atoms with E-state index in [-0.39, 0.29) is 0 Å². The molecule has 0 fully saturated rings. The van der Waals surface area contributed by atoms with Gasteiger partial charge in [0.25, 0.3) is 0 Å². The molecule has 0 spiro atoms. The van der Waals surface area contributed by atoms with Gasteiger partial charge in [0.05, 0.1) is 4.75 Å². The van der Waals surface area contributed by atoms with E-state index in [2.05, 4.69) is 10.3 Å². The zero-order valence-electron chi connectivity index (χ0n) is 9.90. The fourth-order valence-corrected chi connectivity index (χ4v) is 1.50. The molecular weight excluding hydrogens is 224 g/mol. The molecule has 4 nitrogen and oxygen atoms in total. The van der Waals surface area contributed by atoms with Crippen LogP contribution in [0.1, 0.15) is 19.4 Å². The summed E-state index contributed by atoms with van der Waals surface area (Å²) < 4.78 is 22.2. The zero-order valence-corrected chi connectivity index (χ0v) is 10.7. The Balaban J connectivity index is 2.48. The molecule has 1 heterocycles. The molecule has 0 aliphatic heterocycles. The van der Waals surface area contributed by atoms with E-state index in [1.807, 2.05) is 12.1 Å². The Morgan fingerprint density at radius 2 is 1.88 bits per heavy atom. The third-order valence-electron chi connectivity index (χ3n) is 2.63. The van der Waals surface area contributed by atoms with Crippen LogP contribution in [0.15, 0.2) is 24.5 Å². The fourth-order valence-electron chi connectivity index (χ4n) is 1.14. The smallest absolute Gasteiger partial charge is 0.153 e. The van der Waals surface area contributed by atoms with Gasteiger partial charge in [0.2, 0.25) is 0 Å². The van der Waals surface area contributed by atoms with Crippen molar-refractivity contribution in [3.63, 3.8) is 0 Å². The summed E-state index contributed by atoms with van der Waals surface area (Å²) in [5.41, 5.74) is 1.10. The van der Waals surface area contributed by atoms with Gasteiger partial charge in [-0.15, -0.1) is 0 Å². The van der Waals surface area contributed by atoms with Crippen LogP contribution in [0.3, 0.4) is 0 Å². The van der Waals surface area contributed by atoms with E-state index in [0.29, 0.717) is 13.1 Å². The van der Waals surface area contributed by atoms with Crippen LogP contribution >= 0.6 is 0 Å². The lowest BCUT2D eigenvalue weighted by Crippen LogP contribution is -2.41. The van der Waals surface area contributed by atoms with Gasteiger partial charge in [0.15, 0.2) is 9.84 Å². The van der Waals surface area contributed by atoms with Gasteiger partial charge in [0, 0.05) is 31.7 Å².